The number of amides is 1. The predicted octanol–water partition coefficient (Wildman–Crippen LogP) is 2.86. The van der Waals surface area contributed by atoms with Crippen LogP contribution in [0.15, 0.2) is 42.7 Å². The van der Waals surface area contributed by atoms with Crippen LogP contribution in [0.5, 0.6) is 0 Å². The van der Waals surface area contributed by atoms with Gasteiger partial charge >= 0.3 is 0 Å². The number of benzene rings is 1. The van der Waals surface area contributed by atoms with Crippen LogP contribution in [-0.2, 0) is 11.2 Å². The number of carbonyl (C=O) groups excluding carboxylic acids is 1. The van der Waals surface area contributed by atoms with Gasteiger partial charge in [0.05, 0.1) is 11.9 Å². The van der Waals surface area contributed by atoms with E-state index in [1.165, 1.54) is 0 Å². The standard InChI is InChI=1S/C18H26N4O.ClH/c1-3-18(19,4-2)14-20-17(23)11-10-15-12-21-22(13-15)16-8-6-5-7-9-16;/h5-9,12-13H,3-4,10-11,14,19H2,1-2H3,(H,20,23);1H. The highest BCUT2D eigenvalue weighted by Crippen LogP contribution is 2.11. The fraction of sp³-hybridized carbons (Fsp3) is 0.444. The van der Waals surface area contributed by atoms with E-state index in [0.29, 0.717) is 19.4 Å². The number of carbonyl (C=O) groups is 1. The first kappa shape index (κ1) is 20.2. The minimum atomic E-state index is -0.298. The van der Waals surface area contributed by atoms with E-state index in [0.717, 1.165) is 24.1 Å². The summed E-state index contributed by atoms with van der Waals surface area (Å²) in [6.45, 7) is 4.63. The second kappa shape index (κ2) is 9.45. The molecule has 0 aliphatic carbocycles. The van der Waals surface area contributed by atoms with Crippen LogP contribution in [0.25, 0.3) is 5.69 Å². The van der Waals surface area contributed by atoms with Gasteiger partial charge in [-0.05, 0) is 37.0 Å². The van der Waals surface area contributed by atoms with Gasteiger partial charge in [0, 0.05) is 24.7 Å². The minimum Gasteiger partial charge on any atom is -0.354 e. The molecule has 0 unspecified atom stereocenters. The van der Waals surface area contributed by atoms with Crippen LogP contribution in [0.1, 0.15) is 38.7 Å². The molecule has 2 aromatic rings. The summed E-state index contributed by atoms with van der Waals surface area (Å²) in [4.78, 5) is 12.0. The van der Waals surface area contributed by atoms with Crippen molar-refractivity contribution in [3.8, 4) is 5.69 Å². The molecular weight excluding hydrogens is 324 g/mol. The molecule has 0 bridgehead atoms. The van der Waals surface area contributed by atoms with Crippen molar-refractivity contribution >= 4 is 18.3 Å². The summed E-state index contributed by atoms with van der Waals surface area (Å²) in [5.74, 6) is 0.0363. The van der Waals surface area contributed by atoms with Gasteiger partial charge in [0.2, 0.25) is 5.91 Å². The molecule has 0 spiro atoms. The van der Waals surface area contributed by atoms with E-state index in [4.69, 9.17) is 5.73 Å². The van der Waals surface area contributed by atoms with Crippen molar-refractivity contribution in [2.45, 2.75) is 45.1 Å². The zero-order valence-electron chi connectivity index (χ0n) is 14.4. The van der Waals surface area contributed by atoms with Crippen molar-refractivity contribution in [2.75, 3.05) is 6.54 Å². The molecule has 3 N–H and O–H groups in total. The molecule has 132 valence electrons. The molecule has 24 heavy (non-hydrogen) atoms. The zero-order valence-corrected chi connectivity index (χ0v) is 15.2. The molecule has 0 radical (unpaired) electrons. The number of hydrogen-bond acceptors (Lipinski definition) is 3. The molecule has 5 nitrogen and oxygen atoms in total. The van der Waals surface area contributed by atoms with Gasteiger partial charge in [0.1, 0.15) is 0 Å². The molecule has 0 fully saturated rings. The quantitative estimate of drug-likeness (QED) is 0.768. The molecule has 0 aliphatic heterocycles. The Kier molecular flexibility index (Phi) is 7.95. The Balaban J connectivity index is 0.00000288. The number of nitrogens with one attached hydrogen (secondary N) is 1. The lowest BCUT2D eigenvalue weighted by atomic mass is 9.94. The smallest absolute Gasteiger partial charge is 0.220 e. The van der Waals surface area contributed by atoms with Gasteiger partial charge in [-0.1, -0.05) is 32.0 Å². The number of nitrogens with zero attached hydrogens (tertiary/aromatic N) is 2. The molecule has 0 saturated carbocycles. The van der Waals surface area contributed by atoms with Gasteiger partial charge in [-0.3, -0.25) is 4.79 Å². The summed E-state index contributed by atoms with van der Waals surface area (Å²) in [5, 5.41) is 7.28. The predicted molar refractivity (Wildman–Crippen MR) is 99.6 cm³/mol. The number of halogens is 1. The number of aromatic nitrogens is 2. The molecule has 1 aromatic heterocycles. The maximum atomic E-state index is 12.0. The van der Waals surface area contributed by atoms with Crippen LogP contribution in [-0.4, -0.2) is 27.8 Å². The first-order chi connectivity index (χ1) is 11.1. The molecule has 2 rings (SSSR count). The molecule has 1 amide bonds. The summed E-state index contributed by atoms with van der Waals surface area (Å²) in [6.07, 6.45) is 6.61. The third kappa shape index (κ3) is 5.65. The molecular formula is C18H27ClN4O. The van der Waals surface area contributed by atoms with Gasteiger partial charge in [0.25, 0.3) is 0 Å². The van der Waals surface area contributed by atoms with Crippen LogP contribution in [0.3, 0.4) is 0 Å². The Labute approximate surface area is 150 Å². The highest BCUT2D eigenvalue weighted by molar-refractivity contribution is 5.85. The normalized spacial score (nSPS) is 11.0. The number of para-hydroxylation sites is 1. The first-order valence-corrected chi connectivity index (χ1v) is 8.21. The largest absolute Gasteiger partial charge is 0.354 e. The highest BCUT2D eigenvalue weighted by Gasteiger charge is 2.20. The highest BCUT2D eigenvalue weighted by atomic mass is 35.5. The van der Waals surface area contributed by atoms with E-state index < -0.39 is 0 Å². The zero-order chi connectivity index (χ0) is 16.7. The molecule has 1 aromatic carbocycles. The van der Waals surface area contributed by atoms with Crippen molar-refractivity contribution in [1.82, 2.24) is 15.1 Å². The number of hydrogen-bond donors (Lipinski definition) is 2. The molecule has 6 heteroatoms. The van der Waals surface area contributed by atoms with Gasteiger partial charge in [0.15, 0.2) is 0 Å². The summed E-state index contributed by atoms with van der Waals surface area (Å²) in [5.41, 5.74) is 7.96. The average Bonchev–Trinajstić information content (AvgIpc) is 3.07. The lowest BCUT2D eigenvalue weighted by Gasteiger charge is -2.26. The summed E-state index contributed by atoms with van der Waals surface area (Å²) in [7, 11) is 0. The summed E-state index contributed by atoms with van der Waals surface area (Å²) >= 11 is 0. The van der Waals surface area contributed by atoms with Crippen molar-refractivity contribution in [3.05, 3.63) is 48.3 Å². The summed E-state index contributed by atoms with van der Waals surface area (Å²) < 4.78 is 1.83. The van der Waals surface area contributed by atoms with Crippen LogP contribution in [0.4, 0.5) is 0 Å². The molecule has 1 heterocycles. The van der Waals surface area contributed by atoms with E-state index in [-0.39, 0.29) is 23.9 Å². The van der Waals surface area contributed by atoms with Crippen molar-refractivity contribution in [1.29, 1.82) is 0 Å². The Hall–Kier alpha value is -1.85. The number of rotatable bonds is 8. The summed E-state index contributed by atoms with van der Waals surface area (Å²) in [6, 6.07) is 9.93. The van der Waals surface area contributed by atoms with Crippen LogP contribution >= 0.6 is 12.4 Å². The van der Waals surface area contributed by atoms with Crippen LogP contribution < -0.4 is 11.1 Å². The van der Waals surface area contributed by atoms with Gasteiger partial charge in [-0.25, -0.2) is 4.68 Å². The molecule has 0 atom stereocenters. The second-order valence-electron chi connectivity index (χ2n) is 5.97. The van der Waals surface area contributed by atoms with Crippen molar-refractivity contribution in [2.24, 2.45) is 5.73 Å². The Morgan fingerprint density at radius 3 is 2.54 bits per heavy atom. The third-order valence-corrected chi connectivity index (χ3v) is 4.34. The number of aryl methyl sites for hydroxylation is 1. The van der Waals surface area contributed by atoms with Crippen LogP contribution in [0.2, 0.25) is 0 Å². The van der Waals surface area contributed by atoms with E-state index in [2.05, 4.69) is 10.4 Å². The fourth-order valence-corrected chi connectivity index (χ4v) is 2.33. The molecule has 0 saturated heterocycles. The van der Waals surface area contributed by atoms with E-state index in [1.54, 1.807) is 0 Å². The maximum Gasteiger partial charge on any atom is 0.220 e. The van der Waals surface area contributed by atoms with Gasteiger partial charge in [-0.2, -0.15) is 5.10 Å². The SMILES string of the molecule is CCC(N)(CC)CNC(=O)CCc1cnn(-c2ccccc2)c1.Cl. The lowest BCUT2D eigenvalue weighted by molar-refractivity contribution is -0.121. The first-order valence-electron chi connectivity index (χ1n) is 8.21. The van der Waals surface area contributed by atoms with Gasteiger partial charge < -0.3 is 11.1 Å². The fourth-order valence-electron chi connectivity index (χ4n) is 2.33. The Morgan fingerprint density at radius 2 is 1.92 bits per heavy atom. The van der Waals surface area contributed by atoms with E-state index in [9.17, 15) is 4.79 Å². The molecule has 0 aliphatic rings. The maximum absolute atomic E-state index is 12.0. The van der Waals surface area contributed by atoms with Crippen LogP contribution in [0, 0.1) is 0 Å². The third-order valence-electron chi connectivity index (χ3n) is 4.34. The van der Waals surface area contributed by atoms with Crippen molar-refractivity contribution in [3.63, 3.8) is 0 Å². The number of nitrogens with two attached hydrogens (primary N) is 1. The Morgan fingerprint density at radius 1 is 1.25 bits per heavy atom. The van der Waals surface area contributed by atoms with Gasteiger partial charge in [-0.15, -0.1) is 12.4 Å². The monoisotopic (exact) mass is 350 g/mol. The average molecular weight is 351 g/mol. The van der Waals surface area contributed by atoms with Crippen molar-refractivity contribution < 1.29 is 4.79 Å². The lowest BCUT2D eigenvalue weighted by Crippen LogP contribution is -2.49. The topological polar surface area (TPSA) is 72.9 Å². The Bertz CT molecular complexity index is 623. The van der Waals surface area contributed by atoms with E-state index >= 15 is 0 Å². The minimum absolute atomic E-state index is 0. The second-order valence-corrected chi connectivity index (χ2v) is 5.97. The van der Waals surface area contributed by atoms with E-state index in [1.807, 2.05) is 61.3 Å².